The van der Waals surface area contributed by atoms with Crippen molar-refractivity contribution in [3.05, 3.63) is 28.8 Å². The predicted molar refractivity (Wildman–Crippen MR) is 74.3 cm³/mol. The molecule has 4 N–H and O–H groups in total. The largest absolute Gasteiger partial charge is 0.480 e. The van der Waals surface area contributed by atoms with Crippen molar-refractivity contribution in [3.8, 4) is 0 Å². The van der Waals surface area contributed by atoms with Crippen molar-refractivity contribution < 1.29 is 14.7 Å². The molecular formula is C13H17ClN2O3. The van der Waals surface area contributed by atoms with Gasteiger partial charge >= 0.3 is 5.97 Å². The monoisotopic (exact) mass is 284 g/mol. The van der Waals surface area contributed by atoms with E-state index in [0.29, 0.717) is 23.6 Å². The van der Waals surface area contributed by atoms with Crippen LogP contribution in [0.4, 0.5) is 5.69 Å². The number of carbonyl (C=O) groups excluding carboxylic acids is 1. The van der Waals surface area contributed by atoms with Gasteiger partial charge in [0.25, 0.3) is 5.91 Å². The SMILES string of the molecule is CCCC(C)(NC(=O)c1cc(N)cc(Cl)c1)C(=O)O. The highest BCUT2D eigenvalue weighted by Gasteiger charge is 2.34. The Morgan fingerprint density at radius 3 is 2.53 bits per heavy atom. The Morgan fingerprint density at radius 2 is 2.05 bits per heavy atom. The number of carboxylic acids is 1. The number of carboxylic acid groups (broad SMARTS) is 1. The number of carbonyl (C=O) groups is 2. The summed E-state index contributed by atoms with van der Waals surface area (Å²) in [5, 5.41) is 12.0. The van der Waals surface area contributed by atoms with E-state index in [2.05, 4.69) is 5.32 Å². The van der Waals surface area contributed by atoms with Gasteiger partial charge in [0.05, 0.1) is 0 Å². The third-order valence-corrected chi connectivity index (χ3v) is 3.01. The van der Waals surface area contributed by atoms with Crippen molar-refractivity contribution in [1.29, 1.82) is 0 Å². The van der Waals surface area contributed by atoms with Crippen molar-refractivity contribution >= 4 is 29.2 Å². The number of nitrogens with two attached hydrogens (primary N) is 1. The van der Waals surface area contributed by atoms with Crippen LogP contribution in [0, 0.1) is 0 Å². The molecule has 1 rings (SSSR count). The molecule has 0 aromatic heterocycles. The summed E-state index contributed by atoms with van der Waals surface area (Å²) in [5.41, 5.74) is 4.89. The van der Waals surface area contributed by atoms with Crippen LogP contribution in [0.5, 0.6) is 0 Å². The first-order valence-electron chi connectivity index (χ1n) is 5.90. The fourth-order valence-corrected chi connectivity index (χ4v) is 2.03. The van der Waals surface area contributed by atoms with Crippen LogP contribution in [0.15, 0.2) is 18.2 Å². The summed E-state index contributed by atoms with van der Waals surface area (Å²) in [6, 6.07) is 4.41. The Balaban J connectivity index is 2.97. The Hall–Kier alpha value is -1.75. The zero-order valence-corrected chi connectivity index (χ0v) is 11.6. The number of benzene rings is 1. The Kier molecular flexibility index (Phi) is 4.78. The maximum absolute atomic E-state index is 12.1. The van der Waals surface area contributed by atoms with Crippen LogP contribution in [0.25, 0.3) is 0 Å². The van der Waals surface area contributed by atoms with Gasteiger partial charge in [-0.15, -0.1) is 0 Å². The molecule has 1 unspecified atom stereocenters. The number of amides is 1. The first kappa shape index (κ1) is 15.3. The second-order valence-electron chi connectivity index (χ2n) is 4.61. The number of nitrogen functional groups attached to an aromatic ring is 1. The van der Waals surface area contributed by atoms with E-state index < -0.39 is 17.4 Å². The summed E-state index contributed by atoms with van der Waals surface area (Å²) in [5.74, 6) is -1.58. The van der Waals surface area contributed by atoms with Crippen molar-refractivity contribution in [3.63, 3.8) is 0 Å². The molecule has 0 fully saturated rings. The van der Waals surface area contributed by atoms with Crippen LogP contribution in [-0.2, 0) is 4.79 Å². The van der Waals surface area contributed by atoms with Gasteiger partial charge in [-0.05, 0) is 31.5 Å². The van der Waals surface area contributed by atoms with Crippen molar-refractivity contribution in [1.82, 2.24) is 5.32 Å². The van der Waals surface area contributed by atoms with Crippen molar-refractivity contribution in [2.45, 2.75) is 32.2 Å². The second kappa shape index (κ2) is 5.93. The summed E-state index contributed by atoms with van der Waals surface area (Å²) in [6.45, 7) is 3.33. The molecule has 1 amide bonds. The van der Waals surface area contributed by atoms with Crippen LogP contribution in [0.1, 0.15) is 37.0 Å². The lowest BCUT2D eigenvalue weighted by Gasteiger charge is -2.25. The van der Waals surface area contributed by atoms with Gasteiger partial charge < -0.3 is 16.2 Å². The highest BCUT2D eigenvalue weighted by Crippen LogP contribution is 2.19. The van der Waals surface area contributed by atoms with Crippen LogP contribution < -0.4 is 11.1 Å². The molecule has 1 atom stereocenters. The van der Waals surface area contributed by atoms with Gasteiger partial charge in [0.15, 0.2) is 0 Å². The number of anilines is 1. The smallest absolute Gasteiger partial charge is 0.329 e. The molecule has 1 aromatic rings. The molecule has 104 valence electrons. The number of hydrogen-bond acceptors (Lipinski definition) is 3. The minimum absolute atomic E-state index is 0.244. The fraction of sp³-hybridized carbons (Fsp3) is 0.385. The van der Waals surface area contributed by atoms with Crippen LogP contribution in [0.2, 0.25) is 5.02 Å². The summed E-state index contributed by atoms with van der Waals surface area (Å²) >= 11 is 5.81. The second-order valence-corrected chi connectivity index (χ2v) is 5.05. The molecule has 5 nitrogen and oxygen atoms in total. The average Bonchev–Trinajstić information content (AvgIpc) is 2.27. The lowest BCUT2D eigenvalue weighted by molar-refractivity contribution is -0.144. The summed E-state index contributed by atoms with van der Waals surface area (Å²) < 4.78 is 0. The Bertz CT molecular complexity index is 484. The van der Waals surface area contributed by atoms with E-state index in [4.69, 9.17) is 17.3 Å². The standard InChI is InChI=1S/C13H17ClN2O3/c1-3-4-13(2,12(18)19)16-11(17)8-5-9(14)7-10(15)6-8/h5-7H,3-4,15H2,1-2H3,(H,16,17)(H,18,19). The summed E-state index contributed by atoms with van der Waals surface area (Å²) in [6.07, 6.45) is 0.977. The molecule has 0 bridgehead atoms. The normalized spacial score (nSPS) is 13.6. The third kappa shape index (κ3) is 3.86. The number of halogens is 1. The van der Waals surface area contributed by atoms with Crippen LogP contribution in [-0.4, -0.2) is 22.5 Å². The van der Waals surface area contributed by atoms with Gasteiger partial charge in [-0.3, -0.25) is 4.79 Å². The van der Waals surface area contributed by atoms with Crippen molar-refractivity contribution in [2.24, 2.45) is 0 Å². The molecule has 6 heteroatoms. The molecule has 0 aliphatic heterocycles. The molecule has 0 saturated carbocycles. The summed E-state index contributed by atoms with van der Waals surface area (Å²) in [7, 11) is 0. The maximum atomic E-state index is 12.1. The minimum Gasteiger partial charge on any atom is -0.480 e. The van der Waals surface area contributed by atoms with Gasteiger partial charge in [-0.1, -0.05) is 24.9 Å². The first-order chi connectivity index (χ1) is 8.78. The van der Waals surface area contributed by atoms with E-state index in [1.165, 1.54) is 25.1 Å². The zero-order valence-electron chi connectivity index (χ0n) is 10.9. The average molecular weight is 285 g/mol. The van der Waals surface area contributed by atoms with E-state index >= 15 is 0 Å². The summed E-state index contributed by atoms with van der Waals surface area (Å²) in [4.78, 5) is 23.3. The number of aliphatic carboxylic acids is 1. The van der Waals surface area contributed by atoms with Crippen LogP contribution in [0.3, 0.4) is 0 Å². The fourth-order valence-electron chi connectivity index (χ4n) is 1.79. The highest BCUT2D eigenvalue weighted by molar-refractivity contribution is 6.31. The number of hydrogen-bond donors (Lipinski definition) is 3. The van der Waals surface area contributed by atoms with Gasteiger partial charge in [-0.2, -0.15) is 0 Å². The number of rotatable bonds is 5. The van der Waals surface area contributed by atoms with Gasteiger partial charge in [0, 0.05) is 16.3 Å². The lowest BCUT2D eigenvalue weighted by atomic mass is 9.95. The minimum atomic E-state index is -1.30. The highest BCUT2D eigenvalue weighted by atomic mass is 35.5. The van der Waals surface area contributed by atoms with Gasteiger partial charge in [-0.25, -0.2) is 4.79 Å². The Labute approximate surface area is 116 Å². The Morgan fingerprint density at radius 1 is 1.42 bits per heavy atom. The number of nitrogens with one attached hydrogen (secondary N) is 1. The lowest BCUT2D eigenvalue weighted by Crippen LogP contribution is -2.52. The molecule has 1 aromatic carbocycles. The molecular weight excluding hydrogens is 268 g/mol. The molecule has 19 heavy (non-hydrogen) atoms. The zero-order chi connectivity index (χ0) is 14.6. The maximum Gasteiger partial charge on any atom is 0.329 e. The predicted octanol–water partition coefficient (Wildman–Crippen LogP) is 2.30. The topological polar surface area (TPSA) is 92.4 Å². The van der Waals surface area contributed by atoms with E-state index in [1.807, 2.05) is 6.92 Å². The van der Waals surface area contributed by atoms with Gasteiger partial charge in [0.2, 0.25) is 0 Å². The molecule has 0 aliphatic carbocycles. The van der Waals surface area contributed by atoms with Gasteiger partial charge in [0.1, 0.15) is 5.54 Å². The molecule has 0 radical (unpaired) electrons. The molecule has 0 spiro atoms. The molecule has 0 heterocycles. The van der Waals surface area contributed by atoms with E-state index in [1.54, 1.807) is 0 Å². The first-order valence-corrected chi connectivity index (χ1v) is 6.28. The third-order valence-electron chi connectivity index (χ3n) is 2.79. The quantitative estimate of drug-likeness (QED) is 0.723. The van der Waals surface area contributed by atoms with E-state index in [-0.39, 0.29) is 5.56 Å². The van der Waals surface area contributed by atoms with E-state index in [0.717, 1.165) is 0 Å². The van der Waals surface area contributed by atoms with E-state index in [9.17, 15) is 14.7 Å². The van der Waals surface area contributed by atoms with Crippen molar-refractivity contribution in [2.75, 3.05) is 5.73 Å². The van der Waals surface area contributed by atoms with Crippen LogP contribution >= 0.6 is 11.6 Å². The molecule has 0 saturated heterocycles. The molecule has 0 aliphatic rings.